The Balaban J connectivity index is 1.74. The standard InChI is InChI=1S/C76H139O24P/c1-5-8-11-14-17-19-21-23-25-27-29-31-33-39-44-49-60(78)92-53-57(95-62(80)51-46-41-36-35-38-43-48-56(4)47-42-37-16-13-10-7-3)54-94-101(90,91)100-74-72(98-75-70(88)65(83)63(81)58(52-77)96-75)68(86)67(85)69(87)73(74)99-76-71(89)66(84)64(82)59(97-76)55-93-61(79)50-45-40-34-32-30-28-26-24-22-20-18-15-12-9-6-2/h34,40,45,50,56-59,63-77,81-89H,5-33,35-39,41-44,46-49,51-55H2,1-4H3,(H,90,91)/b40-34+,50-45+. The normalized spacial score (nSPS) is 27.6. The monoisotopic (exact) mass is 1470 g/mol. The van der Waals surface area contributed by atoms with E-state index in [1.54, 1.807) is 6.08 Å². The van der Waals surface area contributed by atoms with Gasteiger partial charge in [0.1, 0.15) is 98.7 Å². The molecule has 19 unspecified atom stereocenters. The smallest absolute Gasteiger partial charge is 0.462 e. The first-order valence-corrected chi connectivity index (χ1v) is 41.0. The van der Waals surface area contributed by atoms with Crippen LogP contribution in [-0.4, -0.2) is 204 Å². The van der Waals surface area contributed by atoms with Gasteiger partial charge in [-0.25, -0.2) is 9.36 Å². The Morgan fingerprint density at radius 1 is 0.436 bits per heavy atom. The average molecular weight is 1470 g/mol. The average Bonchev–Trinajstić information content (AvgIpc) is 0.762. The molecule has 11 N–H and O–H groups in total. The van der Waals surface area contributed by atoms with Crippen LogP contribution in [0.5, 0.6) is 0 Å². The van der Waals surface area contributed by atoms with E-state index in [1.165, 1.54) is 167 Å². The maximum absolute atomic E-state index is 14.4. The fourth-order valence-corrected chi connectivity index (χ4v) is 14.2. The third-order valence-corrected chi connectivity index (χ3v) is 20.7. The second kappa shape index (κ2) is 56.7. The Labute approximate surface area is 605 Å². The number of ether oxygens (including phenoxy) is 7. The fraction of sp³-hybridized carbons (Fsp3) is 0.908. The van der Waals surface area contributed by atoms with Gasteiger partial charge in [0.05, 0.1) is 13.2 Å². The molecule has 2 heterocycles. The third-order valence-electron chi connectivity index (χ3n) is 19.7. The van der Waals surface area contributed by atoms with Crippen molar-refractivity contribution in [2.45, 2.75) is 408 Å². The Bertz CT molecular complexity index is 2190. The summed E-state index contributed by atoms with van der Waals surface area (Å²) < 4.78 is 65.0. The molecule has 0 amide bonds. The molecule has 0 aromatic heterocycles. The van der Waals surface area contributed by atoms with E-state index in [0.717, 1.165) is 96.0 Å². The number of aliphatic hydroxyl groups is 10. The van der Waals surface area contributed by atoms with Gasteiger partial charge in [-0.1, -0.05) is 283 Å². The van der Waals surface area contributed by atoms with Crippen LogP contribution in [-0.2, 0) is 61.2 Å². The van der Waals surface area contributed by atoms with Gasteiger partial charge in [-0.05, 0) is 31.6 Å². The first-order valence-electron chi connectivity index (χ1n) is 39.6. The van der Waals surface area contributed by atoms with Crippen LogP contribution in [0.4, 0.5) is 0 Å². The minimum Gasteiger partial charge on any atom is -0.462 e. The number of hydrogen-bond donors (Lipinski definition) is 11. The van der Waals surface area contributed by atoms with Gasteiger partial charge < -0.3 is 89.1 Å². The quantitative estimate of drug-likeness (QED) is 0.00673. The number of phosphoric acid groups is 1. The van der Waals surface area contributed by atoms with Crippen molar-refractivity contribution in [2.24, 2.45) is 5.92 Å². The van der Waals surface area contributed by atoms with Gasteiger partial charge in [0.25, 0.3) is 0 Å². The van der Waals surface area contributed by atoms with Gasteiger partial charge >= 0.3 is 25.7 Å². The summed E-state index contributed by atoms with van der Waals surface area (Å²) in [6.45, 7) is 5.70. The number of phosphoric ester groups is 1. The first-order chi connectivity index (χ1) is 48.7. The summed E-state index contributed by atoms with van der Waals surface area (Å²) in [5, 5.41) is 110. The van der Waals surface area contributed by atoms with Crippen LogP contribution in [0.15, 0.2) is 24.3 Å². The van der Waals surface area contributed by atoms with E-state index in [4.69, 9.17) is 42.2 Å². The summed E-state index contributed by atoms with van der Waals surface area (Å²) in [7, 11) is -5.71. The van der Waals surface area contributed by atoms with Crippen LogP contribution < -0.4 is 0 Å². The van der Waals surface area contributed by atoms with E-state index in [-0.39, 0.29) is 12.8 Å². The molecule has 0 bridgehead atoms. The summed E-state index contributed by atoms with van der Waals surface area (Å²) in [6.07, 6.45) is 17.2. The molecule has 19 atom stereocenters. The largest absolute Gasteiger partial charge is 0.472 e. The van der Waals surface area contributed by atoms with Crippen LogP contribution in [0.1, 0.15) is 304 Å². The highest BCUT2D eigenvalue weighted by Gasteiger charge is 2.58. The van der Waals surface area contributed by atoms with Gasteiger partial charge in [0, 0.05) is 18.9 Å². The predicted octanol–water partition coefficient (Wildman–Crippen LogP) is 11.5. The highest BCUT2D eigenvalue weighted by atomic mass is 31.2. The molecule has 3 aliphatic rings. The number of esters is 3. The van der Waals surface area contributed by atoms with E-state index >= 15 is 0 Å². The van der Waals surface area contributed by atoms with E-state index in [9.17, 15) is 74.9 Å². The van der Waals surface area contributed by atoms with Crippen molar-refractivity contribution in [1.82, 2.24) is 0 Å². The van der Waals surface area contributed by atoms with Gasteiger partial charge in [-0.3, -0.25) is 18.6 Å². The molecule has 0 spiro atoms. The Hall–Kier alpha value is -2.56. The minimum absolute atomic E-state index is 0.0410. The topological polar surface area (TPSA) is 374 Å². The highest BCUT2D eigenvalue weighted by molar-refractivity contribution is 7.47. The number of hydrogen-bond acceptors (Lipinski definition) is 23. The molecule has 2 aliphatic heterocycles. The van der Waals surface area contributed by atoms with Crippen molar-refractivity contribution in [3.8, 4) is 0 Å². The lowest BCUT2D eigenvalue weighted by atomic mass is 9.84. The molecule has 0 aromatic rings. The van der Waals surface area contributed by atoms with E-state index in [1.807, 2.05) is 6.08 Å². The van der Waals surface area contributed by atoms with E-state index in [2.05, 4.69) is 27.7 Å². The van der Waals surface area contributed by atoms with Crippen molar-refractivity contribution in [1.29, 1.82) is 0 Å². The predicted molar refractivity (Wildman–Crippen MR) is 384 cm³/mol. The van der Waals surface area contributed by atoms with Crippen molar-refractivity contribution < 1.29 is 117 Å². The molecule has 3 fully saturated rings. The summed E-state index contributed by atoms with van der Waals surface area (Å²) in [4.78, 5) is 51.0. The Morgan fingerprint density at radius 2 is 0.822 bits per heavy atom. The zero-order chi connectivity index (χ0) is 74.1. The number of carbonyl (C=O) groups is 3. The molecule has 3 rings (SSSR count). The van der Waals surface area contributed by atoms with Crippen molar-refractivity contribution >= 4 is 25.7 Å². The maximum Gasteiger partial charge on any atom is 0.472 e. The Morgan fingerprint density at radius 3 is 1.27 bits per heavy atom. The maximum atomic E-state index is 14.4. The summed E-state index contributed by atoms with van der Waals surface area (Å²) in [5.74, 6) is -1.54. The van der Waals surface area contributed by atoms with E-state index in [0.29, 0.717) is 18.8 Å². The highest BCUT2D eigenvalue weighted by Crippen LogP contribution is 2.49. The molecule has 1 saturated carbocycles. The molecular weight excluding hydrogens is 1330 g/mol. The lowest BCUT2D eigenvalue weighted by molar-refractivity contribution is -0.360. The lowest BCUT2D eigenvalue weighted by Gasteiger charge is -2.49. The molecule has 2 saturated heterocycles. The van der Waals surface area contributed by atoms with Crippen LogP contribution >= 0.6 is 7.82 Å². The first kappa shape index (κ1) is 92.6. The lowest BCUT2D eigenvalue weighted by Crippen LogP contribution is -2.69. The molecule has 24 nitrogen and oxygen atoms in total. The second-order valence-electron chi connectivity index (χ2n) is 28.8. The van der Waals surface area contributed by atoms with Gasteiger partial charge in [-0.15, -0.1) is 0 Å². The van der Waals surface area contributed by atoms with Crippen LogP contribution in [0.25, 0.3) is 0 Å². The zero-order valence-corrected chi connectivity index (χ0v) is 63.0. The molecule has 101 heavy (non-hydrogen) atoms. The van der Waals surface area contributed by atoms with Gasteiger partial charge in [-0.2, -0.15) is 0 Å². The fourth-order valence-electron chi connectivity index (χ4n) is 13.2. The minimum atomic E-state index is -5.71. The SMILES string of the molecule is CCCCCCCCCCCCC/C=C/C=C/C(=O)OCC1OC(OC2C(O)C(O)C(O)C(OC3OC(CO)C(O)C(O)C3O)C2OP(=O)(O)OCC(COC(=O)CCCCCCCCCCCCCCCCC)OC(=O)CCCCCCCCC(C)CCCCCCCC)C(O)C(O)C1O. The van der Waals surface area contributed by atoms with E-state index < -0.39 is 156 Å². The molecular formula is C76H139O24P. The van der Waals surface area contributed by atoms with Crippen LogP contribution in [0, 0.1) is 5.92 Å². The van der Waals surface area contributed by atoms with Crippen molar-refractivity contribution in [3.63, 3.8) is 0 Å². The molecule has 0 radical (unpaired) electrons. The molecule has 25 heteroatoms. The third kappa shape index (κ3) is 39.7. The van der Waals surface area contributed by atoms with Crippen molar-refractivity contribution in [3.05, 3.63) is 24.3 Å². The number of allylic oxidation sites excluding steroid dienone is 3. The van der Waals surface area contributed by atoms with Crippen molar-refractivity contribution in [2.75, 3.05) is 26.4 Å². The molecule has 1 aliphatic carbocycles. The van der Waals surface area contributed by atoms with Gasteiger partial charge in [0.2, 0.25) is 0 Å². The molecule has 0 aromatic carbocycles. The second-order valence-corrected chi connectivity index (χ2v) is 30.2. The zero-order valence-electron chi connectivity index (χ0n) is 62.1. The number of unbranched alkanes of at least 4 members (excludes halogenated alkanes) is 35. The summed E-state index contributed by atoms with van der Waals surface area (Å²) >= 11 is 0. The van der Waals surface area contributed by atoms with Gasteiger partial charge in [0.15, 0.2) is 18.7 Å². The summed E-state index contributed by atoms with van der Waals surface area (Å²) in [5.41, 5.74) is 0. The van der Waals surface area contributed by atoms with Crippen LogP contribution in [0.2, 0.25) is 0 Å². The number of rotatable bonds is 61. The number of carbonyl (C=O) groups excluding carboxylic acids is 3. The summed E-state index contributed by atoms with van der Waals surface area (Å²) in [6, 6.07) is 0. The molecule has 592 valence electrons. The van der Waals surface area contributed by atoms with Crippen LogP contribution in [0.3, 0.4) is 0 Å². The number of aliphatic hydroxyl groups excluding tert-OH is 10. The Kier molecular flexibility index (Phi) is 52.0.